The molecule has 0 radical (unpaired) electrons. The van der Waals surface area contributed by atoms with E-state index in [0.29, 0.717) is 0 Å². The van der Waals surface area contributed by atoms with Crippen LogP contribution in [0.25, 0.3) is 21.3 Å². The first-order chi connectivity index (χ1) is 14.7. The second-order valence-corrected chi connectivity index (χ2v) is 9.63. The fourth-order valence-corrected chi connectivity index (χ4v) is 5.71. The van der Waals surface area contributed by atoms with Crippen molar-refractivity contribution < 1.29 is 4.79 Å². The molecule has 30 heavy (non-hydrogen) atoms. The van der Waals surface area contributed by atoms with Crippen molar-refractivity contribution in [2.45, 2.75) is 19.4 Å². The van der Waals surface area contributed by atoms with Crippen molar-refractivity contribution in [2.24, 2.45) is 5.92 Å². The molecule has 0 unspecified atom stereocenters. The van der Waals surface area contributed by atoms with Gasteiger partial charge in [-0.25, -0.2) is 4.98 Å². The largest absolute Gasteiger partial charge is 0.326 e. The van der Waals surface area contributed by atoms with Crippen LogP contribution in [0.1, 0.15) is 17.7 Å². The molecule has 4 nitrogen and oxygen atoms in total. The number of hydrogen-bond donors (Lipinski definition) is 1. The van der Waals surface area contributed by atoms with Crippen LogP contribution in [-0.4, -0.2) is 28.9 Å². The lowest BCUT2D eigenvalue weighted by atomic mass is 9.95. The Bertz CT molecular complexity index is 1110. The van der Waals surface area contributed by atoms with Gasteiger partial charge in [0.25, 0.3) is 0 Å². The van der Waals surface area contributed by atoms with Gasteiger partial charge in [-0.1, -0.05) is 30.3 Å². The van der Waals surface area contributed by atoms with Crippen LogP contribution in [0, 0.1) is 5.92 Å². The topological polar surface area (TPSA) is 45.2 Å². The predicted molar refractivity (Wildman–Crippen MR) is 126 cm³/mol. The van der Waals surface area contributed by atoms with E-state index in [0.717, 1.165) is 49.4 Å². The SMILES string of the molecule is O=C(Nc1cccc(-c2cscn2)c1)C1CCN(Cc2cc3ccccc3s2)CC1. The summed E-state index contributed by atoms with van der Waals surface area (Å²) in [5.74, 6) is 0.207. The van der Waals surface area contributed by atoms with Crippen molar-refractivity contribution in [3.8, 4) is 11.3 Å². The van der Waals surface area contributed by atoms with E-state index in [4.69, 9.17) is 0 Å². The van der Waals surface area contributed by atoms with Gasteiger partial charge in [0.1, 0.15) is 0 Å². The first-order valence-corrected chi connectivity index (χ1v) is 12.0. The molecular weight excluding hydrogens is 410 g/mol. The Kier molecular flexibility index (Phi) is 5.62. The Hall–Kier alpha value is -2.54. The molecule has 0 saturated carbocycles. The van der Waals surface area contributed by atoms with Crippen LogP contribution in [0.4, 0.5) is 5.69 Å². The Labute approximate surface area is 184 Å². The quantitative estimate of drug-likeness (QED) is 0.428. The molecule has 0 aliphatic carbocycles. The maximum Gasteiger partial charge on any atom is 0.227 e. The number of likely N-dealkylation sites (tertiary alicyclic amines) is 1. The van der Waals surface area contributed by atoms with Crippen molar-refractivity contribution in [3.05, 3.63) is 70.4 Å². The molecule has 1 fully saturated rings. The number of thiazole rings is 1. The fourth-order valence-electron chi connectivity index (χ4n) is 4.04. The fraction of sp³-hybridized carbons (Fsp3) is 0.250. The number of carbonyl (C=O) groups excluding carboxylic acids is 1. The van der Waals surface area contributed by atoms with E-state index in [2.05, 4.69) is 45.5 Å². The molecule has 6 heteroatoms. The number of thiophene rings is 1. The Morgan fingerprint density at radius 2 is 1.97 bits per heavy atom. The molecule has 1 saturated heterocycles. The van der Waals surface area contributed by atoms with Gasteiger partial charge in [-0.3, -0.25) is 9.69 Å². The number of nitrogens with zero attached hydrogens (tertiary/aromatic N) is 2. The number of benzene rings is 2. The van der Waals surface area contributed by atoms with Gasteiger partial charge in [-0.2, -0.15) is 0 Å². The third kappa shape index (κ3) is 4.31. The lowest BCUT2D eigenvalue weighted by molar-refractivity contribution is -0.121. The van der Waals surface area contributed by atoms with Gasteiger partial charge in [0.2, 0.25) is 5.91 Å². The minimum absolute atomic E-state index is 0.0755. The monoisotopic (exact) mass is 433 g/mol. The molecule has 0 bridgehead atoms. The molecule has 1 N–H and O–H groups in total. The van der Waals surface area contributed by atoms with Crippen LogP contribution in [-0.2, 0) is 11.3 Å². The first kappa shape index (κ1) is 19.4. The lowest BCUT2D eigenvalue weighted by Crippen LogP contribution is -2.37. The highest BCUT2D eigenvalue weighted by Crippen LogP contribution is 2.28. The number of hydrogen-bond acceptors (Lipinski definition) is 5. The Morgan fingerprint density at radius 1 is 1.10 bits per heavy atom. The molecule has 1 aliphatic rings. The van der Waals surface area contributed by atoms with Crippen LogP contribution in [0.2, 0.25) is 0 Å². The molecule has 5 rings (SSSR count). The van der Waals surface area contributed by atoms with Crippen molar-refractivity contribution >= 4 is 44.4 Å². The normalized spacial score (nSPS) is 15.5. The van der Waals surface area contributed by atoms with E-state index < -0.39 is 0 Å². The summed E-state index contributed by atoms with van der Waals surface area (Å²) in [5.41, 5.74) is 4.66. The number of nitrogens with one attached hydrogen (secondary N) is 1. The summed E-state index contributed by atoms with van der Waals surface area (Å²) in [5, 5.41) is 6.46. The molecule has 2 aromatic carbocycles. The molecule has 2 aromatic heterocycles. The highest BCUT2D eigenvalue weighted by Gasteiger charge is 2.25. The van der Waals surface area contributed by atoms with E-state index in [1.807, 2.05) is 46.5 Å². The summed E-state index contributed by atoms with van der Waals surface area (Å²) in [6, 6.07) is 18.8. The number of amides is 1. The summed E-state index contributed by atoms with van der Waals surface area (Å²) in [7, 11) is 0. The summed E-state index contributed by atoms with van der Waals surface area (Å²) in [6.45, 7) is 2.90. The smallest absolute Gasteiger partial charge is 0.227 e. The van der Waals surface area contributed by atoms with Gasteiger partial charge in [-0.05, 0) is 55.6 Å². The summed E-state index contributed by atoms with van der Waals surface area (Å²) < 4.78 is 1.35. The summed E-state index contributed by atoms with van der Waals surface area (Å²) >= 11 is 3.45. The van der Waals surface area contributed by atoms with Crippen LogP contribution in [0.5, 0.6) is 0 Å². The van der Waals surface area contributed by atoms with E-state index in [-0.39, 0.29) is 11.8 Å². The average Bonchev–Trinajstić information content (AvgIpc) is 3.44. The van der Waals surface area contributed by atoms with E-state index in [1.165, 1.54) is 15.0 Å². The van der Waals surface area contributed by atoms with Gasteiger partial charge in [0.15, 0.2) is 0 Å². The number of fused-ring (bicyclic) bond motifs is 1. The zero-order chi connectivity index (χ0) is 20.3. The summed E-state index contributed by atoms with van der Waals surface area (Å²) in [6.07, 6.45) is 1.81. The zero-order valence-corrected chi connectivity index (χ0v) is 18.2. The molecule has 1 aliphatic heterocycles. The number of rotatable bonds is 5. The maximum absolute atomic E-state index is 12.8. The van der Waals surface area contributed by atoms with Gasteiger partial charge in [-0.15, -0.1) is 22.7 Å². The van der Waals surface area contributed by atoms with Crippen LogP contribution < -0.4 is 5.32 Å². The molecule has 1 amide bonds. The standard InChI is InChI=1S/C24H23N3OS2/c28-24(26-20-6-3-5-18(12-20)22-15-29-16-25-22)17-8-10-27(11-9-17)14-21-13-19-4-1-2-7-23(19)30-21/h1-7,12-13,15-17H,8-11,14H2,(H,26,28). The van der Waals surface area contributed by atoms with Gasteiger partial charge in [0.05, 0.1) is 11.2 Å². The third-order valence-corrected chi connectivity index (χ3v) is 7.36. The minimum Gasteiger partial charge on any atom is -0.326 e. The number of anilines is 1. The number of aromatic nitrogens is 1. The zero-order valence-electron chi connectivity index (χ0n) is 16.6. The van der Waals surface area contributed by atoms with Crippen LogP contribution >= 0.6 is 22.7 Å². The molecule has 0 atom stereocenters. The van der Waals surface area contributed by atoms with Crippen LogP contribution in [0.15, 0.2) is 65.5 Å². The van der Waals surface area contributed by atoms with Crippen molar-refractivity contribution in [1.82, 2.24) is 9.88 Å². The molecular formula is C24H23N3OS2. The van der Waals surface area contributed by atoms with E-state index >= 15 is 0 Å². The highest BCUT2D eigenvalue weighted by atomic mass is 32.1. The van der Waals surface area contributed by atoms with Gasteiger partial charge < -0.3 is 5.32 Å². The van der Waals surface area contributed by atoms with Crippen LogP contribution in [0.3, 0.4) is 0 Å². The minimum atomic E-state index is 0.0755. The summed E-state index contributed by atoms with van der Waals surface area (Å²) in [4.78, 5) is 21.0. The van der Waals surface area contributed by atoms with Crippen molar-refractivity contribution in [1.29, 1.82) is 0 Å². The van der Waals surface area contributed by atoms with E-state index in [9.17, 15) is 4.79 Å². The second-order valence-electron chi connectivity index (χ2n) is 7.74. The Balaban J connectivity index is 1.16. The maximum atomic E-state index is 12.8. The predicted octanol–water partition coefficient (Wildman–Crippen LogP) is 5.88. The van der Waals surface area contributed by atoms with Crippen molar-refractivity contribution in [3.63, 3.8) is 0 Å². The Morgan fingerprint density at radius 3 is 2.77 bits per heavy atom. The molecule has 4 aromatic rings. The van der Waals surface area contributed by atoms with E-state index in [1.54, 1.807) is 11.3 Å². The van der Waals surface area contributed by atoms with Gasteiger partial charge in [0, 0.05) is 38.7 Å². The lowest BCUT2D eigenvalue weighted by Gasteiger charge is -2.30. The highest BCUT2D eigenvalue weighted by molar-refractivity contribution is 7.19. The molecule has 0 spiro atoms. The third-order valence-electron chi connectivity index (χ3n) is 5.67. The average molecular weight is 434 g/mol. The second kappa shape index (κ2) is 8.68. The molecule has 152 valence electrons. The number of carbonyl (C=O) groups is 1. The molecule has 3 heterocycles. The first-order valence-electron chi connectivity index (χ1n) is 10.2. The number of piperidine rings is 1. The van der Waals surface area contributed by atoms with Crippen molar-refractivity contribution in [2.75, 3.05) is 18.4 Å². The van der Waals surface area contributed by atoms with Gasteiger partial charge >= 0.3 is 0 Å².